The molecule has 35 heavy (non-hydrogen) atoms. The van der Waals surface area contributed by atoms with Crippen LogP contribution in [-0.2, 0) is 6.18 Å². The van der Waals surface area contributed by atoms with Gasteiger partial charge in [-0.3, -0.25) is 9.36 Å². The maximum Gasteiger partial charge on any atom is 0.416 e. The van der Waals surface area contributed by atoms with Gasteiger partial charge in [0, 0.05) is 5.56 Å². The molecule has 2 aromatic heterocycles. The summed E-state index contributed by atoms with van der Waals surface area (Å²) in [4.78, 5) is 18.5. The van der Waals surface area contributed by atoms with Crippen LogP contribution in [0.1, 0.15) is 30.9 Å². The van der Waals surface area contributed by atoms with Gasteiger partial charge in [-0.2, -0.15) is 18.3 Å². The average molecular weight is 474 g/mol. The fourth-order valence-electron chi connectivity index (χ4n) is 4.00. The smallest absolute Gasteiger partial charge is 0.268 e. The lowest BCUT2D eigenvalue weighted by molar-refractivity contribution is -0.137. The fourth-order valence-corrected chi connectivity index (χ4v) is 4.00. The number of para-hydroxylation sites is 1. The van der Waals surface area contributed by atoms with Gasteiger partial charge < -0.3 is 0 Å². The van der Waals surface area contributed by atoms with Gasteiger partial charge in [0.05, 0.1) is 23.1 Å². The van der Waals surface area contributed by atoms with Crippen LogP contribution in [0.5, 0.6) is 0 Å². The average Bonchev–Trinajstić information content (AvgIpc) is 3.28. The minimum absolute atomic E-state index is 0.0784. The van der Waals surface area contributed by atoms with Crippen LogP contribution in [-0.4, -0.2) is 19.3 Å². The zero-order chi connectivity index (χ0) is 24.7. The van der Waals surface area contributed by atoms with Crippen molar-refractivity contribution in [2.24, 2.45) is 0 Å². The predicted molar refractivity (Wildman–Crippen MR) is 129 cm³/mol. The molecule has 5 nitrogen and oxygen atoms in total. The maximum atomic E-state index is 13.7. The molecule has 0 unspecified atom stereocenters. The first kappa shape index (κ1) is 22.6. The number of hydrogen-bond acceptors (Lipinski definition) is 3. The largest absolute Gasteiger partial charge is 0.416 e. The minimum atomic E-state index is -4.55. The highest BCUT2D eigenvalue weighted by atomic mass is 19.4. The summed E-state index contributed by atoms with van der Waals surface area (Å²) in [7, 11) is 0. The molecule has 176 valence electrons. The Balaban J connectivity index is 1.81. The molecule has 5 aromatic rings. The lowest BCUT2D eigenvalue weighted by Crippen LogP contribution is -2.22. The van der Waals surface area contributed by atoms with Gasteiger partial charge in [-0.25, -0.2) is 9.67 Å². The van der Waals surface area contributed by atoms with E-state index in [1.165, 1.54) is 22.9 Å². The van der Waals surface area contributed by atoms with Crippen LogP contribution in [0.25, 0.3) is 33.8 Å². The Labute approximate surface area is 199 Å². The molecule has 0 fully saturated rings. The molecule has 0 saturated heterocycles. The third kappa shape index (κ3) is 4.12. The molecule has 8 heteroatoms. The van der Waals surface area contributed by atoms with E-state index < -0.39 is 17.3 Å². The summed E-state index contributed by atoms with van der Waals surface area (Å²) in [5, 5.41) is 4.55. The van der Waals surface area contributed by atoms with Crippen LogP contribution in [0.4, 0.5) is 13.2 Å². The van der Waals surface area contributed by atoms with Gasteiger partial charge in [0.25, 0.3) is 5.56 Å². The second-order valence-corrected chi connectivity index (χ2v) is 8.53. The van der Waals surface area contributed by atoms with Crippen LogP contribution in [0.15, 0.2) is 89.9 Å². The molecule has 0 aliphatic heterocycles. The zero-order valence-electron chi connectivity index (χ0n) is 19.0. The molecule has 5 rings (SSSR count). The summed E-state index contributed by atoms with van der Waals surface area (Å²) < 4.78 is 43.1. The maximum absolute atomic E-state index is 13.7. The van der Waals surface area contributed by atoms with E-state index in [2.05, 4.69) is 18.9 Å². The quantitative estimate of drug-likeness (QED) is 0.304. The molecule has 3 aromatic carbocycles. The second kappa shape index (κ2) is 8.54. The van der Waals surface area contributed by atoms with Crippen LogP contribution < -0.4 is 5.56 Å². The van der Waals surface area contributed by atoms with E-state index in [-0.39, 0.29) is 16.9 Å². The highest BCUT2D eigenvalue weighted by Gasteiger charge is 2.31. The Morgan fingerprint density at radius 1 is 0.857 bits per heavy atom. The number of nitrogens with zero attached hydrogens (tertiary/aromatic N) is 4. The number of benzene rings is 3. The minimum Gasteiger partial charge on any atom is -0.268 e. The molecule has 0 bridgehead atoms. The van der Waals surface area contributed by atoms with E-state index in [9.17, 15) is 18.0 Å². The topological polar surface area (TPSA) is 52.7 Å². The molecule has 0 aliphatic carbocycles. The van der Waals surface area contributed by atoms with Gasteiger partial charge in [0.15, 0.2) is 5.65 Å². The van der Waals surface area contributed by atoms with Crippen molar-refractivity contribution in [2.75, 3.05) is 0 Å². The molecular formula is C27H21F3N4O. The van der Waals surface area contributed by atoms with E-state index >= 15 is 0 Å². The summed E-state index contributed by atoms with van der Waals surface area (Å²) in [5.41, 5.74) is 1.47. The van der Waals surface area contributed by atoms with Gasteiger partial charge in [-0.05, 0) is 41.8 Å². The third-order valence-electron chi connectivity index (χ3n) is 5.87. The van der Waals surface area contributed by atoms with Crippen LogP contribution >= 0.6 is 0 Å². The van der Waals surface area contributed by atoms with E-state index in [1.807, 2.05) is 54.6 Å². The Morgan fingerprint density at radius 3 is 2.20 bits per heavy atom. The standard InChI is InChI=1S/C27H21F3N4O/c1-17(2)18-11-13-19(14-12-18)24-32-25-23(16-31-34(25)21-8-4-3-5-9-21)26(35)33(24)22-10-6-7-20(15-22)27(28,29)30/h3-17H,1-2H3. The molecule has 0 spiro atoms. The van der Waals surface area contributed by atoms with E-state index in [1.54, 1.807) is 4.68 Å². The molecular weight excluding hydrogens is 453 g/mol. The highest BCUT2D eigenvalue weighted by Crippen LogP contribution is 2.31. The summed E-state index contributed by atoms with van der Waals surface area (Å²) in [6.07, 6.45) is -3.15. The Kier molecular flexibility index (Phi) is 5.51. The number of aromatic nitrogens is 4. The van der Waals surface area contributed by atoms with Crippen molar-refractivity contribution in [2.45, 2.75) is 25.9 Å². The Morgan fingerprint density at radius 2 is 1.54 bits per heavy atom. The molecule has 0 atom stereocenters. The van der Waals surface area contributed by atoms with Crippen molar-refractivity contribution < 1.29 is 13.2 Å². The Bertz CT molecular complexity index is 1570. The van der Waals surface area contributed by atoms with E-state index in [4.69, 9.17) is 4.98 Å². The van der Waals surface area contributed by atoms with Crippen LogP contribution in [0, 0.1) is 0 Å². The van der Waals surface area contributed by atoms with Crippen molar-refractivity contribution in [1.82, 2.24) is 19.3 Å². The van der Waals surface area contributed by atoms with Gasteiger partial charge in [0.1, 0.15) is 11.2 Å². The fraction of sp³-hybridized carbons (Fsp3) is 0.148. The van der Waals surface area contributed by atoms with Crippen molar-refractivity contribution >= 4 is 11.0 Å². The first-order valence-electron chi connectivity index (χ1n) is 11.1. The summed E-state index contributed by atoms with van der Waals surface area (Å²) in [6.45, 7) is 4.13. The van der Waals surface area contributed by atoms with Gasteiger partial charge in [-0.1, -0.05) is 62.4 Å². The third-order valence-corrected chi connectivity index (χ3v) is 5.87. The number of fused-ring (bicyclic) bond motifs is 1. The summed E-state index contributed by atoms with van der Waals surface area (Å²) in [6, 6.07) is 21.4. The van der Waals surface area contributed by atoms with E-state index in [0.717, 1.165) is 17.7 Å². The zero-order valence-corrected chi connectivity index (χ0v) is 19.0. The van der Waals surface area contributed by atoms with Gasteiger partial charge >= 0.3 is 6.18 Å². The molecule has 0 saturated carbocycles. The van der Waals surface area contributed by atoms with Gasteiger partial charge in [0.2, 0.25) is 0 Å². The van der Waals surface area contributed by atoms with Crippen molar-refractivity contribution in [1.29, 1.82) is 0 Å². The summed E-state index contributed by atoms with van der Waals surface area (Å²) in [5.74, 6) is 0.527. The number of hydrogen-bond donors (Lipinski definition) is 0. The first-order chi connectivity index (χ1) is 16.7. The molecule has 2 heterocycles. The van der Waals surface area contributed by atoms with Crippen molar-refractivity contribution in [3.63, 3.8) is 0 Å². The monoisotopic (exact) mass is 474 g/mol. The lowest BCUT2D eigenvalue weighted by atomic mass is 10.0. The van der Waals surface area contributed by atoms with Gasteiger partial charge in [-0.15, -0.1) is 0 Å². The first-order valence-corrected chi connectivity index (χ1v) is 11.1. The number of halogens is 3. The molecule has 0 N–H and O–H groups in total. The second-order valence-electron chi connectivity index (χ2n) is 8.53. The van der Waals surface area contributed by atoms with Crippen molar-refractivity contribution in [3.05, 3.63) is 107 Å². The SMILES string of the molecule is CC(C)c1ccc(-c2nc3c(cnn3-c3ccccc3)c(=O)n2-c2cccc(C(F)(F)F)c2)cc1. The van der Waals surface area contributed by atoms with Crippen LogP contribution in [0.2, 0.25) is 0 Å². The number of rotatable bonds is 4. The molecule has 0 aliphatic rings. The van der Waals surface area contributed by atoms with Crippen LogP contribution in [0.3, 0.4) is 0 Å². The predicted octanol–water partition coefficient (Wildman–Crippen LogP) is 6.38. The number of alkyl halides is 3. The normalized spacial score (nSPS) is 11.9. The lowest BCUT2D eigenvalue weighted by Gasteiger charge is -2.16. The Hall–Kier alpha value is -4.20. The molecule has 0 amide bonds. The summed E-state index contributed by atoms with van der Waals surface area (Å²) >= 11 is 0. The molecule has 0 radical (unpaired) electrons. The van der Waals surface area contributed by atoms with Crippen molar-refractivity contribution in [3.8, 4) is 22.8 Å². The highest BCUT2D eigenvalue weighted by molar-refractivity contribution is 5.79. The van der Waals surface area contributed by atoms with E-state index in [0.29, 0.717) is 22.8 Å².